The molecular weight excluding hydrogens is 248 g/mol. The van der Waals surface area contributed by atoms with E-state index in [4.69, 9.17) is 0 Å². The highest BCUT2D eigenvalue weighted by Crippen LogP contribution is 2.18. The molecule has 112 valence electrons. The summed E-state index contributed by atoms with van der Waals surface area (Å²) in [5.41, 5.74) is 3.88. The standard InChI is InChI=1S/C17H28N2O/c1-6-14(4)19-17(20)9-10-18-15(5)16-11-12(2)7-8-13(16)3/h7-8,11,14-15,18H,6,9-10H2,1-5H3,(H,19,20). The first-order valence-corrected chi connectivity index (χ1v) is 7.54. The van der Waals surface area contributed by atoms with Crippen molar-refractivity contribution >= 4 is 5.91 Å². The van der Waals surface area contributed by atoms with Gasteiger partial charge in [-0.3, -0.25) is 4.79 Å². The zero-order valence-corrected chi connectivity index (χ0v) is 13.4. The molecule has 0 bridgehead atoms. The van der Waals surface area contributed by atoms with Gasteiger partial charge in [-0.1, -0.05) is 30.7 Å². The number of hydrogen-bond donors (Lipinski definition) is 2. The molecule has 0 aliphatic heterocycles. The highest BCUT2D eigenvalue weighted by atomic mass is 16.1. The van der Waals surface area contributed by atoms with Crippen molar-refractivity contribution in [1.82, 2.24) is 10.6 Å². The lowest BCUT2D eigenvalue weighted by atomic mass is 10.00. The summed E-state index contributed by atoms with van der Waals surface area (Å²) in [4.78, 5) is 11.7. The highest BCUT2D eigenvalue weighted by molar-refractivity contribution is 5.76. The quantitative estimate of drug-likeness (QED) is 0.802. The number of nitrogens with one attached hydrogen (secondary N) is 2. The zero-order chi connectivity index (χ0) is 15.1. The average Bonchev–Trinajstić information content (AvgIpc) is 2.41. The SMILES string of the molecule is CCC(C)NC(=O)CCNC(C)c1cc(C)ccc1C. The van der Waals surface area contributed by atoms with E-state index < -0.39 is 0 Å². The molecule has 0 spiro atoms. The van der Waals surface area contributed by atoms with Gasteiger partial charge in [-0.05, 0) is 45.2 Å². The van der Waals surface area contributed by atoms with Gasteiger partial charge in [-0.2, -0.15) is 0 Å². The van der Waals surface area contributed by atoms with Crippen LogP contribution in [0.5, 0.6) is 0 Å². The third-order valence-corrected chi connectivity index (χ3v) is 3.72. The van der Waals surface area contributed by atoms with E-state index >= 15 is 0 Å². The summed E-state index contributed by atoms with van der Waals surface area (Å²) in [6.45, 7) is 11.2. The third-order valence-electron chi connectivity index (χ3n) is 3.72. The molecule has 0 fully saturated rings. The maximum absolute atomic E-state index is 11.7. The van der Waals surface area contributed by atoms with E-state index in [0.29, 0.717) is 13.0 Å². The minimum atomic E-state index is 0.125. The summed E-state index contributed by atoms with van der Waals surface area (Å²) >= 11 is 0. The number of carbonyl (C=O) groups excluding carboxylic acids is 1. The van der Waals surface area contributed by atoms with Crippen LogP contribution in [0.4, 0.5) is 0 Å². The van der Waals surface area contributed by atoms with Gasteiger partial charge >= 0.3 is 0 Å². The van der Waals surface area contributed by atoms with Crippen LogP contribution in [0.3, 0.4) is 0 Å². The molecule has 1 amide bonds. The molecular formula is C17H28N2O. The van der Waals surface area contributed by atoms with Crippen LogP contribution in [-0.4, -0.2) is 18.5 Å². The molecule has 1 aromatic carbocycles. The van der Waals surface area contributed by atoms with Crippen molar-refractivity contribution in [3.63, 3.8) is 0 Å². The van der Waals surface area contributed by atoms with Crippen molar-refractivity contribution < 1.29 is 4.79 Å². The van der Waals surface area contributed by atoms with Crippen molar-refractivity contribution in [3.8, 4) is 0 Å². The predicted octanol–water partition coefficient (Wildman–Crippen LogP) is 3.26. The van der Waals surface area contributed by atoms with E-state index in [1.807, 2.05) is 6.92 Å². The lowest BCUT2D eigenvalue weighted by Crippen LogP contribution is -2.34. The molecule has 0 aromatic heterocycles. The highest BCUT2D eigenvalue weighted by Gasteiger charge is 2.10. The van der Waals surface area contributed by atoms with Crippen LogP contribution in [0.15, 0.2) is 18.2 Å². The molecule has 2 atom stereocenters. The predicted molar refractivity (Wildman–Crippen MR) is 84.8 cm³/mol. The Kier molecular flexibility index (Phi) is 6.73. The second kappa shape index (κ2) is 8.05. The minimum Gasteiger partial charge on any atom is -0.354 e. The van der Waals surface area contributed by atoms with E-state index in [9.17, 15) is 4.79 Å². The van der Waals surface area contributed by atoms with Crippen molar-refractivity contribution in [3.05, 3.63) is 34.9 Å². The third kappa shape index (κ3) is 5.33. The van der Waals surface area contributed by atoms with Crippen molar-refractivity contribution in [2.24, 2.45) is 0 Å². The summed E-state index contributed by atoms with van der Waals surface area (Å²) < 4.78 is 0. The first-order chi connectivity index (χ1) is 9.43. The summed E-state index contributed by atoms with van der Waals surface area (Å²) in [6.07, 6.45) is 1.50. The summed E-state index contributed by atoms with van der Waals surface area (Å²) in [5, 5.41) is 6.41. The van der Waals surface area contributed by atoms with Crippen LogP contribution >= 0.6 is 0 Å². The second-order valence-electron chi connectivity index (χ2n) is 5.66. The normalized spacial score (nSPS) is 13.8. The van der Waals surface area contributed by atoms with Gasteiger partial charge < -0.3 is 10.6 Å². The fourth-order valence-corrected chi connectivity index (χ4v) is 2.19. The first-order valence-electron chi connectivity index (χ1n) is 7.54. The van der Waals surface area contributed by atoms with Crippen molar-refractivity contribution in [2.45, 2.75) is 59.5 Å². The Morgan fingerprint density at radius 1 is 1.25 bits per heavy atom. The topological polar surface area (TPSA) is 41.1 Å². The van der Waals surface area contributed by atoms with Crippen LogP contribution < -0.4 is 10.6 Å². The maximum Gasteiger partial charge on any atom is 0.221 e. The number of benzene rings is 1. The summed E-state index contributed by atoms with van der Waals surface area (Å²) in [7, 11) is 0. The lowest BCUT2D eigenvalue weighted by molar-refractivity contribution is -0.121. The number of amides is 1. The lowest BCUT2D eigenvalue weighted by Gasteiger charge is -2.18. The molecule has 0 saturated carbocycles. The molecule has 2 unspecified atom stereocenters. The Bertz CT molecular complexity index is 443. The zero-order valence-electron chi connectivity index (χ0n) is 13.4. The Morgan fingerprint density at radius 3 is 2.60 bits per heavy atom. The second-order valence-corrected chi connectivity index (χ2v) is 5.66. The smallest absolute Gasteiger partial charge is 0.221 e. The molecule has 0 aliphatic rings. The van der Waals surface area contributed by atoms with E-state index in [1.165, 1.54) is 16.7 Å². The van der Waals surface area contributed by atoms with E-state index in [1.54, 1.807) is 0 Å². The fraction of sp³-hybridized carbons (Fsp3) is 0.588. The van der Waals surface area contributed by atoms with Gasteiger partial charge in [0.1, 0.15) is 0 Å². The number of aryl methyl sites for hydroxylation is 2. The van der Waals surface area contributed by atoms with Crippen LogP contribution in [0.25, 0.3) is 0 Å². The molecule has 0 radical (unpaired) electrons. The minimum absolute atomic E-state index is 0.125. The molecule has 3 heteroatoms. The summed E-state index contributed by atoms with van der Waals surface area (Å²) in [5.74, 6) is 0.125. The molecule has 1 rings (SSSR count). The largest absolute Gasteiger partial charge is 0.354 e. The molecule has 0 heterocycles. The van der Waals surface area contributed by atoms with Crippen LogP contribution in [-0.2, 0) is 4.79 Å². The van der Waals surface area contributed by atoms with E-state index in [0.717, 1.165) is 6.42 Å². The molecule has 0 saturated heterocycles. The van der Waals surface area contributed by atoms with Gasteiger partial charge in [0.05, 0.1) is 0 Å². The molecule has 3 nitrogen and oxygen atoms in total. The van der Waals surface area contributed by atoms with Crippen LogP contribution in [0.2, 0.25) is 0 Å². The molecule has 1 aromatic rings. The fourth-order valence-electron chi connectivity index (χ4n) is 2.19. The summed E-state index contributed by atoms with van der Waals surface area (Å²) in [6, 6.07) is 7.03. The van der Waals surface area contributed by atoms with Crippen molar-refractivity contribution in [2.75, 3.05) is 6.54 Å². The number of carbonyl (C=O) groups is 1. The maximum atomic E-state index is 11.7. The monoisotopic (exact) mass is 276 g/mol. The van der Waals surface area contributed by atoms with Gasteiger partial charge in [0.2, 0.25) is 5.91 Å². The van der Waals surface area contributed by atoms with Crippen LogP contribution in [0, 0.1) is 13.8 Å². The van der Waals surface area contributed by atoms with Crippen LogP contribution in [0.1, 0.15) is 56.3 Å². The van der Waals surface area contributed by atoms with Gasteiger partial charge in [0, 0.05) is 25.0 Å². The number of hydrogen-bond acceptors (Lipinski definition) is 2. The Labute approximate surface area is 123 Å². The molecule has 0 aliphatic carbocycles. The first kappa shape index (κ1) is 16.7. The Balaban J connectivity index is 2.42. The Morgan fingerprint density at radius 2 is 1.95 bits per heavy atom. The number of rotatable bonds is 7. The molecule has 20 heavy (non-hydrogen) atoms. The molecule has 2 N–H and O–H groups in total. The van der Waals surface area contributed by atoms with Gasteiger partial charge in [-0.15, -0.1) is 0 Å². The van der Waals surface area contributed by atoms with E-state index in [2.05, 4.69) is 56.5 Å². The van der Waals surface area contributed by atoms with Gasteiger partial charge in [-0.25, -0.2) is 0 Å². The van der Waals surface area contributed by atoms with Gasteiger partial charge in [0.15, 0.2) is 0 Å². The average molecular weight is 276 g/mol. The van der Waals surface area contributed by atoms with Gasteiger partial charge in [0.25, 0.3) is 0 Å². The van der Waals surface area contributed by atoms with Crippen molar-refractivity contribution in [1.29, 1.82) is 0 Å². The Hall–Kier alpha value is -1.35. The van der Waals surface area contributed by atoms with E-state index in [-0.39, 0.29) is 18.0 Å².